The molecule has 0 aliphatic carbocycles. The number of thiophene rings is 1. The molecule has 22 heavy (non-hydrogen) atoms. The van der Waals surface area contributed by atoms with Crippen molar-refractivity contribution in [3.63, 3.8) is 0 Å². The zero-order chi connectivity index (χ0) is 15.1. The van der Waals surface area contributed by atoms with Gasteiger partial charge in [0, 0.05) is 37.1 Å². The lowest BCUT2D eigenvalue weighted by atomic mass is 10.2. The third-order valence-corrected chi connectivity index (χ3v) is 5.07. The number of hydrogen-bond donors (Lipinski definition) is 0. The van der Waals surface area contributed by atoms with E-state index in [1.165, 1.54) is 11.3 Å². The number of rotatable bonds is 2. The lowest BCUT2D eigenvalue weighted by molar-refractivity contribution is 0.312. The highest BCUT2D eigenvalue weighted by atomic mass is 35.5. The molecular formula is C14H15ClN6S. The molecule has 0 saturated carbocycles. The van der Waals surface area contributed by atoms with Crippen LogP contribution in [-0.2, 0) is 0 Å². The molecule has 0 radical (unpaired) electrons. The molecule has 0 atom stereocenters. The second-order valence-corrected chi connectivity index (χ2v) is 6.96. The van der Waals surface area contributed by atoms with Gasteiger partial charge in [0.05, 0.1) is 16.2 Å². The van der Waals surface area contributed by atoms with Crippen molar-refractivity contribution in [1.29, 1.82) is 0 Å². The van der Waals surface area contributed by atoms with E-state index in [9.17, 15) is 0 Å². The number of likely N-dealkylation sites (N-methyl/N-ethyl adjacent to an activating group) is 1. The van der Waals surface area contributed by atoms with Crippen molar-refractivity contribution in [1.82, 2.24) is 24.5 Å². The second kappa shape index (κ2) is 5.49. The molecule has 6 nitrogen and oxygen atoms in total. The Morgan fingerprint density at radius 2 is 2.05 bits per heavy atom. The molecule has 0 spiro atoms. The summed E-state index contributed by atoms with van der Waals surface area (Å²) in [6.07, 6.45) is 3.61. The molecule has 4 rings (SSSR count). The first-order valence-corrected chi connectivity index (χ1v) is 8.35. The minimum Gasteiger partial charge on any atom is -0.351 e. The zero-order valence-corrected chi connectivity index (χ0v) is 13.7. The molecule has 0 N–H and O–H groups in total. The van der Waals surface area contributed by atoms with Gasteiger partial charge in [-0.3, -0.25) is 4.40 Å². The SMILES string of the molecule is CN1CCN(c2ncc(-c3csc(Cl)c3)n3cnnc23)CC1. The van der Waals surface area contributed by atoms with Gasteiger partial charge in [-0.2, -0.15) is 0 Å². The van der Waals surface area contributed by atoms with Crippen molar-refractivity contribution < 1.29 is 0 Å². The van der Waals surface area contributed by atoms with Crippen molar-refractivity contribution in [3.8, 4) is 11.3 Å². The summed E-state index contributed by atoms with van der Waals surface area (Å²) >= 11 is 7.56. The maximum absolute atomic E-state index is 6.05. The fourth-order valence-corrected chi connectivity index (χ4v) is 3.58. The van der Waals surface area contributed by atoms with Gasteiger partial charge in [0.1, 0.15) is 6.33 Å². The number of fused-ring (bicyclic) bond motifs is 1. The van der Waals surface area contributed by atoms with Crippen molar-refractivity contribution in [2.24, 2.45) is 0 Å². The van der Waals surface area contributed by atoms with Gasteiger partial charge in [-0.1, -0.05) is 11.6 Å². The molecule has 0 bridgehead atoms. The molecule has 3 aromatic rings. The van der Waals surface area contributed by atoms with Gasteiger partial charge in [-0.25, -0.2) is 4.98 Å². The van der Waals surface area contributed by atoms with E-state index in [2.05, 4.69) is 32.0 Å². The zero-order valence-electron chi connectivity index (χ0n) is 12.1. The van der Waals surface area contributed by atoms with Crippen LogP contribution in [0.15, 0.2) is 24.0 Å². The van der Waals surface area contributed by atoms with Crippen LogP contribution in [0.5, 0.6) is 0 Å². The highest BCUT2D eigenvalue weighted by molar-refractivity contribution is 7.14. The minimum absolute atomic E-state index is 0.763. The Morgan fingerprint density at radius 1 is 1.23 bits per heavy atom. The van der Waals surface area contributed by atoms with Crippen LogP contribution in [0, 0.1) is 0 Å². The minimum atomic E-state index is 0.763. The van der Waals surface area contributed by atoms with Gasteiger partial charge in [0.25, 0.3) is 0 Å². The van der Waals surface area contributed by atoms with Crippen LogP contribution in [0.2, 0.25) is 4.34 Å². The van der Waals surface area contributed by atoms with E-state index in [-0.39, 0.29) is 0 Å². The summed E-state index contributed by atoms with van der Waals surface area (Å²) in [4.78, 5) is 9.25. The van der Waals surface area contributed by atoms with Gasteiger partial charge in [0.2, 0.25) is 5.65 Å². The predicted molar refractivity (Wildman–Crippen MR) is 88.8 cm³/mol. The Kier molecular flexibility index (Phi) is 3.48. The lowest BCUT2D eigenvalue weighted by Gasteiger charge is -2.33. The normalized spacial score (nSPS) is 16.5. The number of piperazine rings is 1. The number of anilines is 1. The van der Waals surface area contributed by atoms with Crippen molar-refractivity contribution in [2.75, 3.05) is 38.1 Å². The van der Waals surface area contributed by atoms with E-state index in [0.717, 1.165) is 53.2 Å². The van der Waals surface area contributed by atoms with Crippen molar-refractivity contribution in [2.45, 2.75) is 0 Å². The largest absolute Gasteiger partial charge is 0.351 e. The van der Waals surface area contributed by atoms with E-state index in [1.807, 2.05) is 22.0 Å². The summed E-state index contributed by atoms with van der Waals surface area (Å²) in [5.41, 5.74) is 2.79. The maximum atomic E-state index is 6.05. The Hall–Kier alpha value is -1.70. The lowest BCUT2D eigenvalue weighted by Crippen LogP contribution is -2.45. The topological polar surface area (TPSA) is 49.6 Å². The first kappa shape index (κ1) is 13.9. The predicted octanol–water partition coefficient (Wildman–Crippen LogP) is 2.26. The first-order chi connectivity index (χ1) is 10.7. The average Bonchev–Trinajstić information content (AvgIpc) is 3.16. The average molecular weight is 335 g/mol. The van der Waals surface area contributed by atoms with Gasteiger partial charge in [-0.15, -0.1) is 21.5 Å². The Bertz CT molecular complexity index is 805. The quantitative estimate of drug-likeness (QED) is 0.719. The van der Waals surface area contributed by atoms with E-state index in [1.54, 1.807) is 6.33 Å². The molecule has 0 unspecified atom stereocenters. The summed E-state index contributed by atoms with van der Waals surface area (Å²) < 4.78 is 2.75. The molecule has 1 fully saturated rings. The molecule has 0 aromatic carbocycles. The second-order valence-electron chi connectivity index (χ2n) is 5.42. The van der Waals surface area contributed by atoms with Crippen LogP contribution in [0.4, 0.5) is 5.82 Å². The third kappa shape index (κ3) is 2.35. The Morgan fingerprint density at radius 3 is 2.77 bits per heavy atom. The summed E-state index contributed by atoms with van der Waals surface area (Å²) in [6.45, 7) is 3.97. The summed E-state index contributed by atoms with van der Waals surface area (Å²) in [5.74, 6) is 0.899. The molecule has 8 heteroatoms. The van der Waals surface area contributed by atoms with Gasteiger partial charge >= 0.3 is 0 Å². The number of halogens is 1. The van der Waals surface area contributed by atoms with E-state index in [0.29, 0.717) is 0 Å². The number of nitrogens with zero attached hydrogens (tertiary/aromatic N) is 6. The highest BCUT2D eigenvalue weighted by Gasteiger charge is 2.20. The molecule has 4 heterocycles. The van der Waals surface area contributed by atoms with Crippen LogP contribution in [0.25, 0.3) is 16.9 Å². The summed E-state index contributed by atoms with van der Waals surface area (Å²) in [5, 5.41) is 10.4. The van der Waals surface area contributed by atoms with Gasteiger partial charge in [0.15, 0.2) is 5.82 Å². The van der Waals surface area contributed by atoms with Crippen LogP contribution >= 0.6 is 22.9 Å². The van der Waals surface area contributed by atoms with Crippen LogP contribution in [0.3, 0.4) is 0 Å². The summed E-state index contributed by atoms with van der Waals surface area (Å²) in [7, 11) is 2.14. The third-order valence-electron chi connectivity index (χ3n) is 3.98. The highest BCUT2D eigenvalue weighted by Crippen LogP contribution is 2.30. The molecule has 114 valence electrons. The summed E-state index contributed by atoms with van der Waals surface area (Å²) in [6, 6.07) is 1.94. The maximum Gasteiger partial charge on any atom is 0.204 e. The van der Waals surface area contributed by atoms with E-state index in [4.69, 9.17) is 11.6 Å². The van der Waals surface area contributed by atoms with Crippen molar-refractivity contribution in [3.05, 3.63) is 28.3 Å². The fourth-order valence-electron chi connectivity index (χ4n) is 2.71. The molecule has 1 aliphatic rings. The number of hydrogen-bond acceptors (Lipinski definition) is 6. The van der Waals surface area contributed by atoms with Crippen LogP contribution < -0.4 is 4.90 Å². The van der Waals surface area contributed by atoms with Crippen LogP contribution in [0.1, 0.15) is 0 Å². The van der Waals surface area contributed by atoms with Gasteiger partial charge in [-0.05, 0) is 13.1 Å². The Balaban J connectivity index is 1.78. The van der Waals surface area contributed by atoms with Gasteiger partial charge < -0.3 is 9.80 Å². The fraction of sp³-hybridized carbons (Fsp3) is 0.357. The monoisotopic (exact) mass is 334 g/mol. The number of aromatic nitrogens is 4. The molecule has 3 aromatic heterocycles. The smallest absolute Gasteiger partial charge is 0.204 e. The molecule has 1 saturated heterocycles. The molecule has 1 aliphatic heterocycles. The van der Waals surface area contributed by atoms with E-state index >= 15 is 0 Å². The molecular weight excluding hydrogens is 320 g/mol. The first-order valence-electron chi connectivity index (χ1n) is 7.09. The van der Waals surface area contributed by atoms with Crippen LogP contribution in [-0.4, -0.2) is 57.7 Å². The van der Waals surface area contributed by atoms with E-state index < -0.39 is 0 Å². The molecule has 0 amide bonds. The Labute approximate surface area is 137 Å². The standard InChI is InChI=1S/C14H15ClN6S/c1-19-2-4-20(5-3-19)13-14-18-17-9-21(14)11(7-16-13)10-6-12(15)22-8-10/h6-9H,2-5H2,1H3. The van der Waals surface area contributed by atoms with Crippen molar-refractivity contribution >= 4 is 34.4 Å².